The maximum Gasteiger partial charge on any atom is 0.251 e. The molecule has 0 saturated carbocycles. The normalized spacial score (nSPS) is 11.1. The third-order valence-corrected chi connectivity index (χ3v) is 3.92. The minimum atomic E-state index is -0.263. The molecule has 0 spiro atoms. The monoisotopic (exact) mass is 360 g/mol. The second-order valence-electron chi connectivity index (χ2n) is 7.56. The first-order valence-corrected chi connectivity index (χ1v) is 8.89. The van der Waals surface area contributed by atoms with Crippen molar-refractivity contribution < 1.29 is 4.79 Å². The molecule has 27 heavy (non-hydrogen) atoms. The quantitative estimate of drug-likeness (QED) is 0.706. The van der Waals surface area contributed by atoms with Gasteiger partial charge in [0.15, 0.2) is 0 Å². The molecule has 0 unspecified atom stereocenters. The predicted octanol–water partition coefficient (Wildman–Crippen LogP) is 4.72. The van der Waals surface area contributed by atoms with Gasteiger partial charge in [-0.3, -0.25) is 4.79 Å². The molecule has 2 N–H and O–H groups in total. The molecular formula is C22H24N4O. The SMILES string of the molecule is Cc1ccc(-c2cc(Nc3ccc(C(=O)NC(C)(C)C)cc3)ncn2)cc1. The highest BCUT2D eigenvalue weighted by atomic mass is 16.1. The van der Waals surface area contributed by atoms with Crippen LogP contribution in [0.25, 0.3) is 11.3 Å². The van der Waals surface area contributed by atoms with E-state index in [-0.39, 0.29) is 11.4 Å². The van der Waals surface area contributed by atoms with E-state index in [0.29, 0.717) is 11.4 Å². The number of hydrogen-bond acceptors (Lipinski definition) is 4. The second kappa shape index (κ2) is 7.58. The molecule has 0 aliphatic carbocycles. The molecule has 138 valence electrons. The Labute approximate surface area is 159 Å². The fraction of sp³-hybridized carbons (Fsp3) is 0.227. The third kappa shape index (κ3) is 5.14. The molecular weight excluding hydrogens is 336 g/mol. The van der Waals surface area contributed by atoms with Crippen molar-refractivity contribution in [2.45, 2.75) is 33.2 Å². The molecule has 0 saturated heterocycles. The molecule has 0 aliphatic rings. The number of anilines is 2. The molecule has 5 nitrogen and oxygen atoms in total. The summed E-state index contributed by atoms with van der Waals surface area (Å²) < 4.78 is 0. The van der Waals surface area contributed by atoms with Crippen LogP contribution in [-0.2, 0) is 0 Å². The Morgan fingerprint density at radius 2 is 1.59 bits per heavy atom. The zero-order chi connectivity index (χ0) is 19.4. The summed E-state index contributed by atoms with van der Waals surface area (Å²) in [6, 6.07) is 17.4. The number of aromatic nitrogens is 2. The topological polar surface area (TPSA) is 66.9 Å². The zero-order valence-corrected chi connectivity index (χ0v) is 16.1. The summed E-state index contributed by atoms with van der Waals surface area (Å²) in [5.74, 6) is 0.616. The number of amides is 1. The minimum absolute atomic E-state index is 0.0854. The number of carbonyl (C=O) groups is 1. The molecule has 0 bridgehead atoms. The Kier molecular flexibility index (Phi) is 5.21. The summed E-state index contributed by atoms with van der Waals surface area (Å²) in [7, 11) is 0. The molecule has 3 aromatic rings. The highest BCUT2D eigenvalue weighted by Crippen LogP contribution is 2.21. The van der Waals surface area contributed by atoms with E-state index in [9.17, 15) is 4.79 Å². The Morgan fingerprint density at radius 1 is 0.926 bits per heavy atom. The van der Waals surface area contributed by atoms with Gasteiger partial charge in [-0.05, 0) is 52.0 Å². The predicted molar refractivity (Wildman–Crippen MR) is 109 cm³/mol. The fourth-order valence-corrected chi connectivity index (χ4v) is 2.57. The first-order valence-electron chi connectivity index (χ1n) is 8.89. The fourth-order valence-electron chi connectivity index (χ4n) is 2.57. The largest absolute Gasteiger partial charge is 0.347 e. The van der Waals surface area contributed by atoms with Gasteiger partial charge in [0.05, 0.1) is 5.69 Å². The van der Waals surface area contributed by atoms with Crippen molar-refractivity contribution >= 4 is 17.4 Å². The van der Waals surface area contributed by atoms with Crippen molar-refractivity contribution in [3.63, 3.8) is 0 Å². The standard InChI is InChI=1S/C22H24N4O/c1-15-5-7-16(8-6-15)19-13-20(24-14-23-19)25-18-11-9-17(10-12-18)21(27)26-22(2,3)4/h5-14H,1-4H3,(H,26,27)(H,23,24,25). The van der Waals surface area contributed by atoms with Crippen LogP contribution in [0.5, 0.6) is 0 Å². The van der Waals surface area contributed by atoms with Crippen molar-refractivity contribution in [1.82, 2.24) is 15.3 Å². The van der Waals surface area contributed by atoms with Crippen molar-refractivity contribution in [2.75, 3.05) is 5.32 Å². The number of carbonyl (C=O) groups excluding carboxylic acids is 1. The van der Waals surface area contributed by atoms with E-state index in [1.165, 1.54) is 5.56 Å². The Balaban J connectivity index is 1.73. The van der Waals surface area contributed by atoms with Gasteiger partial charge in [0.1, 0.15) is 12.1 Å². The summed E-state index contributed by atoms with van der Waals surface area (Å²) >= 11 is 0. The van der Waals surface area contributed by atoms with Crippen LogP contribution in [0.4, 0.5) is 11.5 Å². The van der Waals surface area contributed by atoms with Crippen molar-refractivity contribution in [3.8, 4) is 11.3 Å². The van der Waals surface area contributed by atoms with Crippen LogP contribution in [0.15, 0.2) is 60.9 Å². The lowest BCUT2D eigenvalue weighted by atomic mass is 10.1. The zero-order valence-electron chi connectivity index (χ0n) is 16.1. The molecule has 0 atom stereocenters. The average Bonchev–Trinajstić information content (AvgIpc) is 2.62. The number of nitrogens with zero attached hydrogens (tertiary/aromatic N) is 2. The van der Waals surface area contributed by atoms with Crippen LogP contribution in [-0.4, -0.2) is 21.4 Å². The maximum absolute atomic E-state index is 12.2. The van der Waals surface area contributed by atoms with Crippen LogP contribution in [0.2, 0.25) is 0 Å². The van der Waals surface area contributed by atoms with Crippen LogP contribution in [0.1, 0.15) is 36.7 Å². The summed E-state index contributed by atoms with van der Waals surface area (Å²) in [6.45, 7) is 7.94. The van der Waals surface area contributed by atoms with Crippen molar-refractivity contribution in [2.24, 2.45) is 0 Å². The maximum atomic E-state index is 12.2. The van der Waals surface area contributed by atoms with Gasteiger partial charge in [-0.2, -0.15) is 0 Å². The molecule has 0 fully saturated rings. The van der Waals surface area contributed by atoms with Gasteiger partial charge in [0.2, 0.25) is 0 Å². The molecule has 0 aliphatic heterocycles. The molecule has 1 amide bonds. The summed E-state index contributed by atoms with van der Waals surface area (Å²) in [5, 5.41) is 6.21. The lowest BCUT2D eigenvalue weighted by Gasteiger charge is -2.20. The summed E-state index contributed by atoms with van der Waals surface area (Å²) in [5.41, 5.74) is 4.33. The van der Waals surface area contributed by atoms with Gasteiger partial charge in [0, 0.05) is 28.4 Å². The highest BCUT2D eigenvalue weighted by Gasteiger charge is 2.15. The van der Waals surface area contributed by atoms with Gasteiger partial charge in [0.25, 0.3) is 5.91 Å². The third-order valence-electron chi connectivity index (χ3n) is 3.92. The number of rotatable bonds is 4. The van der Waals surface area contributed by atoms with Gasteiger partial charge < -0.3 is 10.6 Å². The second-order valence-corrected chi connectivity index (χ2v) is 7.56. The lowest BCUT2D eigenvalue weighted by Crippen LogP contribution is -2.40. The van der Waals surface area contributed by atoms with E-state index in [4.69, 9.17) is 0 Å². The minimum Gasteiger partial charge on any atom is -0.347 e. The Hall–Kier alpha value is -3.21. The van der Waals surface area contributed by atoms with E-state index in [2.05, 4.69) is 39.7 Å². The lowest BCUT2D eigenvalue weighted by molar-refractivity contribution is 0.0919. The first-order chi connectivity index (χ1) is 12.8. The van der Waals surface area contributed by atoms with Gasteiger partial charge >= 0.3 is 0 Å². The summed E-state index contributed by atoms with van der Waals surface area (Å²) in [6.07, 6.45) is 1.54. The smallest absolute Gasteiger partial charge is 0.251 e. The van der Waals surface area contributed by atoms with Crippen LogP contribution in [0, 0.1) is 6.92 Å². The molecule has 5 heteroatoms. The van der Waals surface area contributed by atoms with Crippen LogP contribution >= 0.6 is 0 Å². The van der Waals surface area contributed by atoms with E-state index in [0.717, 1.165) is 16.9 Å². The van der Waals surface area contributed by atoms with E-state index < -0.39 is 0 Å². The average molecular weight is 360 g/mol. The van der Waals surface area contributed by atoms with E-state index in [1.54, 1.807) is 18.5 Å². The van der Waals surface area contributed by atoms with Crippen LogP contribution < -0.4 is 10.6 Å². The van der Waals surface area contributed by atoms with Gasteiger partial charge in [-0.25, -0.2) is 9.97 Å². The van der Waals surface area contributed by atoms with Crippen LogP contribution in [0.3, 0.4) is 0 Å². The van der Waals surface area contributed by atoms with E-state index in [1.807, 2.05) is 51.1 Å². The number of aryl methyl sites for hydroxylation is 1. The Morgan fingerprint density at radius 3 is 2.22 bits per heavy atom. The first kappa shape index (κ1) is 18.6. The van der Waals surface area contributed by atoms with Crippen molar-refractivity contribution in [3.05, 3.63) is 72.1 Å². The molecule has 0 radical (unpaired) electrons. The molecule has 3 rings (SSSR count). The molecule has 1 aromatic heterocycles. The highest BCUT2D eigenvalue weighted by molar-refractivity contribution is 5.95. The molecule has 2 aromatic carbocycles. The van der Waals surface area contributed by atoms with Crippen molar-refractivity contribution in [1.29, 1.82) is 0 Å². The summed E-state index contributed by atoms with van der Waals surface area (Å²) in [4.78, 5) is 20.8. The molecule has 1 heterocycles. The number of benzene rings is 2. The van der Waals surface area contributed by atoms with Gasteiger partial charge in [-0.15, -0.1) is 0 Å². The van der Waals surface area contributed by atoms with E-state index >= 15 is 0 Å². The number of nitrogens with one attached hydrogen (secondary N) is 2. The van der Waals surface area contributed by atoms with Gasteiger partial charge in [-0.1, -0.05) is 29.8 Å². The Bertz CT molecular complexity index is 926. The number of hydrogen-bond donors (Lipinski definition) is 2.